The minimum absolute atomic E-state index is 0.190. The lowest BCUT2D eigenvalue weighted by Gasteiger charge is -2.17. The van der Waals surface area contributed by atoms with Gasteiger partial charge < -0.3 is 0 Å². The van der Waals surface area contributed by atoms with Crippen LogP contribution in [-0.4, -0.2) is 11.6 Å². The maximum absolute atomic E-state index is 13.5. The number of amides is 1. The number of halogens is 1. The molecule has 0 aliphatic carbocycles. The summed E-state index contributed by atoms with van der Waals surface area (Å²) in [6.45, 7) is 4.07. The van der Waals surface area contributed by atoms with Crippen molar-refractivity contribution >= 4 is 23.2 Å². The van der Waals surface area contributed by atoms with E-state index < -0.39 is 5.92 Å². The molecule has 4 heteroatoms. The number of nitrogens with one attached hydrogen (secondary N) is 1. The van der Waals surface area contributed by atoms with Crippen molar-refractivity contribution in [2.75, 3.05) is 0 Å². The molecule has 0 heterocycles. The number of aryl methyl sites for hydroxylation is 2. The second-order valence-corrected chi connectivity index (χ2v) is 8.50. The summed E-state index contributed by atoms with van der Waals surface area (Å²) < 4.78 is 0. The molecule has 164 valence electrons. The van der Waals surface area contributed by atoms with Crippen molar-refractivity contribution in [1.29, 1.82) is 0 Å². The molecule has 0 bridgehead atoms. The van der Waals surface area contributed by atoms with Gasteiger partial charge in [-0.3, -0.25) is 4.79 Å². The zero-order chi connectivity index (χ0) is 23.2. The molecule has 0 saturated heterocycles. The number of hydrazone groups is 1. The van der Waals surface area contributed by atoms with Crippen molar-refractivity contribution in [2.45, 2.75) is 19.8 Å². The number of hydrogen-bond donors (Lipinski definition) is 1. The highest BCUT2D eigenvalue weighted by Gasteiger charge is 2.23. The van der Waals surface area contributed by atoms with Gasteiger partial charge in [-0.1, -0.05) is 114 Å². The number of nitrogens with zero attached hydrogens (tertiary/aromatic N) is 1. The molecule has 1 amide bonds. The Morgan fingerprint density at radius 2 is 1.18 bits per heavy atom. The monoisotopic (exact) mass is 452 g/mol. The first-order valence-electron chi connectivity index (χ1n) is 10.8. The predicted octanol–water partition coefficient (Wildman–Crippen LogP) is 6.66. The summed E-state index contributed by atoms with van der Waals surface area (Å²) in [4.78, 5) is 13.5. The molecular formula is C29H25ClN2O. The molecule has 3 nitrogen and oxygen atoms in total. The zero-order valence-electron chi connectivity index (χ0n) is 18.6. The third kappa shape index (κ3) is 5.57. The second-order valence-electron chi connectivity index (χ2n) is 8.06. The largest absolute Gasteiger partial charge is 0.272 e. The number of carbonyl (C=O) groups is 1. The van der Waals surface area contributed by atoms with Crippen molar-refractivity contribution in [3.8, 4) is 0 Å². The Hall–Kier alpha value is -3.69. The Morgan fingerprint density at radius 1 is 0.697 bits per heavy atom. The van der Waals surface area contributed by atoms with Crippen LogP contribution < -0.4 is 5.43 Å². The summed E-state index contributed by atoms with van der Waals surface area (Å²) in [7, 11) is 0. The highest BCUT2D eigenvalue weighted by atomic mass is 35.5. The molecule has 4 rings (SSSR count). The van der Waals surface area contributed by atoms with Crippen LogP contribution >= 0.6 is 11.6 Å². The van der Waals surface area contributed by atoms with Crippen LogP contribution in [0.4, 0.5) is 0 Å². The van der Waals surface area contributed by atoms with Gasteiger partial charge in [-0.25, -0.2) is 5.43 Å². The molecule has 0 unspecified atom stereocenters. The van der Waals surface area contributed by atoms with E-state index in [1.54, 1.807) is 0 Å². The summed E-state index contributed by atoms with van der Waals surface area (Å²) in [5, 5.41) is 5.22. The summed E-state index contributed by atoms with van der Waals surface area (Å²) in [6.07, 6.45) is 0. The highest BCUT2D eigenvalue weighted by molar-refractivity contribution is 6.30. The van der Waals surface area contributed by atoms with Crippen LogP contribution in [0.2, 0.25) is 5.02 Å². The molecule has 0 saturated carbocycles. The van der Waals surface area contributed by atoms with Crippen molar-refractivity contribution in [2.24, 2.45) is 5.10 Å². The van der Waals surface area contributed by atoms with Crippen molar-refractivity contribution in [3.05, 3.63) is 142 Å². The highest BCUT2D eigenvalue weighted by Crippen LogP contribution is 2.26. The molecule has 4 aromatic rings. The molecule has 0 aromatic heterocycles. The summed E-state index contributed by atoms with van der Waals surface area (Å²) in [5.41, 5.74) is 9.42. The molecule has 0 aliphatic rings. The molecule has 1 N–H and O–H groups in total. The van der Waals surface area contributed by atoms with Gasteiger partial charge in [0.05, 0.1) is 11.6 Å². The van der Waals surface area contributed by atoms with Crippen LogP contribution in [0.3, 0.4) is 0 Å². The van der Waals surface area contributed by atoms with Crippen LogP contribution in [0.15, 0.2) is 108 Å². The average Bonchev–Trinajstić information content (AvgIpc) is 2.83. The van der Waals surface area contributed by atoms with Gasteiger partial charge in [0.25, 0.3) is 5.91 Å². The lowest BCUT2D eigenvalue weighted by Crippen LogP contribution is -2.27. The minimum Gasteiger partial charge on any atom is -0.272 e. The van der Waals surface area contributed by atoms with E-state index >= 15 is 0 Å². The van der Waals surface area contributed by atoms with E-state index in [-0.39, 0.29) is 5.91 Å². The first kappa shape index (κ1) is 22.5. The fourth-order valence-electron chi connectivity index (χ4n) is 3.69. The Balaban J connectivity index is 1.71. The van der Waals surface area contributed by atoms with Gasteiger partial charge in [-0.15, -0.1) is 0 Å². The van der Waals surface area contributed by atoms with Gasteiger partial charge in [0, 0.05) is 16.1 Å². The smallest absolute Gasteiger partial charge is 0.252 e. The lowest BCUT2D eigenvalue weighted by atomic mass is 9.90. The van der Waals surface area contributed by atoms with E-state index in [1.807, 2.05) is 117 Å². The zero-order valence-corrected chi connectivity index (χ0v) is 19.4. The number of hydrogen-bond acceptors (Lipinski definition) is 2. The van der Waals surface area contributed by atoms with E-state index in [9.17, 15) is 4.79 Å². The van der Waals surface area contributed by atoms with E-state index in [0.717, 1.165) is 33.4 Å². The number of carbonyl (C=O) groups excluding carboxylic acids is 1. The Morgan fingerprint density at radius 3 is 1.70 bits per heavy atom. The molecule has 33 heavy (non-hydrogen) atoms. The summed E-state index contributed by atoms with van der Waals surface area (Å²) >= 11 is 6.08. The normalized spacial score (nSPS) is 11.5. The maximum Gasteiger partial charge on any atom is 0.252 e. The van der Waals surface area contributed by atoms with Crippen LogP contribution in [0.5, 0.6) is 0 Å². The van der Waals surface area contributed by atoms with Crippen molar-refractivity contribution in [1.82, 2.24) is 5.43 Å². The third-order valence-electron chi connectivity index (χ3n) is 5.53. The molecule has 0 atom stereocenters. The number of benzene rings is 4. The Bertz CT molecular complexity index is 1200. The Labute approximate surface area is 199 Å². The molecular weight excluding hydrogens is 428 g/mol. The molecule has 0 radical (unpaired) electrons. The van der Waals surface area contributed by atoms with Gasteiger partial charge in [0.2, 0.25) is 0 Å². The fraction of sp³-hybridized carbons (Fsp3) is 0.103. The standard InChI is InChI=1S/C29H25ClN2O/c1-20-8-12-22(13-9-20)27(23-14-10-21(2)11-15-23)29(33)32-31-28(24-6-4-3-5-7-24)25-16-18-26(30)19-17-25/h3-19,27H,1-2H3,(H,32,33)/b31-28+. The van der Waals surface area contributed by atoms with Gasteiger partial charge in [-0.05, 0) is 37.1 Å². The first-order valence-corrected chi connectivity index (χ1v) is 11.2. The van der Waals surface area contributed by atoms with E-state index in [1.165, 1.54) is 0 Å². The van der Waals surface area contributed by atoms with E-state index in [2.05, 4.69) is 10.5 Å². The molecule has 0 aliphatic heterocycles. The van der Waals surface area contributed by atoms with Crippen molar-refractivity contribution in [3.63, 3.8) is 0 Å². The quantitative estimate of drug-likeness (QED) is 0.258. The summed E-state index contributed by atoms with van der Waals surface area (Å²) in [5.74, 6) is -0.665. The van der Waals surface area contributed by atoms with E-state index in [4.69, 9.17) is 11.6 Å². The van der Waals surface area contributed by atoms with E-state index in [0.29, 0.717) is 10.7 Å². The maximum atomic E-state index is 13.5. The molecule has 4 aromatic carbocycles. The second kappa shape index (κ2) is 10.3. The van der Waals surface area contributed by atoms with Gasteiger partial charge in [-0.2, -0.15) is 5.10 Å². The summed E-state index contributed by atoms with van der Waals surface area (Å²) in [6, 6.07) is 33.3. The SMILES string of the molecule is Cc1ccc(C(C(=O)N/N=C(\c2ccccc2)c2ccc(Cl)cc2)c2ccc(C)cc2)cc1. The van der Waals surface area contributed by atoms with Gasteiger partial charge in [0.15, 0.2) is 0 Å². The third-order valence-corrected chi connectivity index (χ3v) is 5.78. The average molecular weight is 453 g/mol. The molecule has 0 fully saturated rings. The predicted molar refractivity (Wildman–Crippen MR) is 136 cm³/mol. The first-order chi connectivity index (χ1) is 16.0. The van der Waals surface area contributed by atoms with Crippen LogP contribution in [0, 0.1) is 13.8 Å². The Kier molecular flexibility index (Phi) is 7.01. The van der Waals surface area contributed by atoms with Gasteiger partial charge >= 0.3 is 0 Å². The topological polar surface area (TPSA) is 41.5 Å². The number of rotatable bonds is 6. The van der Waals surface area contributed by atoms with Gasteiger partial charge in [0.1, 0.15) is 0 Å². The fourth-order valence-corrected chi connectivity index (χ4v) is 3.81. The minimum atomic E-state index is -0.475. The lowest BCUT2D eigenvalue weighted by molar-refractivity contribution is -0.121. The molecule has 0 spiro atoms. The van der Waals surface area contributed by atoms with Crippen LogP contribution in [0.25, 0.3) is 0 Å². The van der Waals surface area contributed by atoms with Crippen molar-refractivity contribution < 1.29 is 4.79 Å². The van der Waals surface area contributed by atoms with Crippen LogP contribution in [0.1, 0.15) is 39.3 Å². The van der Waals surface area contributed by atoms with Crippen LogP contribution in [-0.2, 0) is 4.79 Å².